The normalized spacial score (nSPS) is 26.3. The summed E-state index contributed by atoms with van der Waals surface area (Å²) in [6.07, 6.45) is 1.58. The van der Waals surface area contributed by atoms with E-state index in [9.17, 15) is 18.8 Å². The second kappa shape index (κ2) is 10.6. The maximum Gasteiger partial charge on any atom is 0.243 e. The van der Waals surface area contributed by atoms with E-state index in [0.29, 0.717) is 25.3 Å². The molecule has 5 rings (SSSR count). The zero-order chi connectivity index (χ0) is 26.1. The van der Waals surface area contributed by atoms with Crippen LogP contribution in [0.5, 0.6) is 0 Å². The molecule has 3 fully saturated rings. The molecule has 3 heterocycles. The minimum atomic E-state index is -1.25. The summed E-state index contributed by atoms with van der Waals surface area (Å²) >= 11 is 0. The Morgan fingerprint density at radius 3 is 2.30 bits per heavy atom. The van der Waals surface area contributed by atoms with Crippen LogP contribution >= 0.6 is 0 Å². The molecule has 1 N–H and O–H groups in total. The number of hydrogen-bond acceptors (Lipinski definition) is 3. The number of carbonyl (C=O) groups is 3. The molecule has 3 amide bonds. The summed E-state index contributed by atoms with van der Waals surface area (Å²) in [7, 11) is 0. The third-order valence-corrected chi connectivity index (χ3v) is 8.26. The van der Waals surface area contributed by atoms with Crippen molar-refractivity contribution in [2.45, 2.75) is 76.2 Å². The van der Waals surface area contributed by atoms with Crippen molar-refractivity contribution in [2.24, 2.45) is 5.92 Å². The number of hydrogen-bond donors (Lipinski definition) is 1. The second-order valence-electron chi connectivity index (χ2n) is 11.0. The zero-order valence-electron chi connectivity index (χ0n) is 21.6. The first-order chi connectivity index (χ1) is 17.8. The van der Waals surface area contributed by atoms with Crippen LogP contribution in [-0.2, 0) is 14.4 Å². The van der Waals surface area contributed by atoms with Crippen LogP contribution in [-0.4, -0.2) is 58.9 Å². The van der Waals surface area contributed by atoms with Crippen LogP contribution in [0.25, 0.3) is 0 Å². The molecule has 0 aliphatic carbocycles. The third kappa shape index (κ3) is 5.27. The van der Waals surface area contributed by atoms with Gasteiger partial charge in [0.05, 0.1) is 18.5 Å². The summed E-state index contributed by atoms with van der Waals surface area (Å²) < 4.78 is 14.7. The van der Waals surface area contributed by atoms with E-state index in [-0.39, 0.29) is 42.6 Å². The fourth-order valence-corrected chi connectivity index (χ4v) is 6.10. The highest BCUT2D eigenvalue weighted by atomic mass is 19.1. The molecular formula is C30H36FN3O3. The lowest BCUT2D eigenvalue weighted by Crippen LogP contribution is -2.52. The van der Waals surface area contributed by atoms with Crippen LogP contribution in [0.2, 0.25) is 0 Å². The average molecular weight is 506 g/mol. The van der Waals surface area contributed by atoms with Gasteiger partial charge < -0.3 is 15.1 Å². The predicted molar refractivity (Wildman–Crippen MR) is 139 cm³/mol. The molecule has 0 spiro atoms. The van der Waals surface area contributed by atoms with Gasteiger partial charge in [0.1, 0.15) is 12.2 Å². The molecule has 5 unspecified atom stereocenters. The Morgan fingerprint density at radius 2 is 1.59 bits per heavy atom. The van der Waals surface area contributed by atoms with Crippen LogP contribution in [0.15, 0.2) is 54.6 Å². The first-order valence-electron chi connectivity index (χ1n) is 13.5. The molecule has 5 atom stereocenters. The maximum absolute atomic E-state index is 14.7. The number of alkyl halides is 1. The topological polar surface area (TPSA) is 69.7 Å². The molecule has 2 aromatic carbocycles. The van der Waals surface area contributed by atoms with Gasteiger partial charge in [-0.1, -0.05) is 68.4 Å². The quantitative estimate of drug-likeness (QED) is 0.635. The van der Waals surface area contributed by atoms with Crippen LogP contribution in [0.1, 0.15) is 74.6 Å². The second-order valence-corrected chi connectivity index (χ2v) is 11.0. The Balaban J connectivity index is 1.34. The SMILES string of the molecule is CC(C)c1ccc(C(NC(=O)C2CC(F)CN2C(=O)C2CCC3CCC(=O)N3C2)c2ccccc2)cc1. The number of piperidine rings is 1. The summed E-state index contributed by atoms with van der Waals surface area (Å²) in [5.41, 5.74) is 3.06. The highest BCUT2D eigenvalue weighted by Crippen LogP contribution is 2.33. The Bertz CT molecular complexity index is 1140. The van der Waals surface area contributed by atoms with Gasteiger partial charge in [0, 0.05) is 25.4 Å². The van der Waals surface area contributed by atoms with Gasteiger partial charge in [0.2, 0.25) is 17.7 Å². The number of fused-ring (bicyclic) bond motifs is 1. The summed E-state index contributed by atoms with van der Waals surface area (Å²) in [5, 5.41) is 3.13. The van der Waals surface area contributed by atoms with Crippen LogP contribution < -0.4 is 5.32 Å². The smallest absolute Gasteiger partial charge is 0.243 e. The molecule has 0 saturated carbocycles. The Morgan fingerprint density at radius 1 is 0.919 bits per heavy atom. The molecule has 0 bridgehead atoms. The van der Waals surface area contributed by atoms with Gasteiger partial charge >= 0.3 is 0 Å². The number of carbonyl (C=O) groups excluding carboxylic acids is 3. The van der Waals surface area contributed by atoms with Crippen molar-refractivity contribution in [3.63, 3.8) is 0 Å². The van der Waals surface area contributed by atoms with Gasteiger partial charge in [0.25, 0.3) is 0 Å². The van der Waals surface area contributed by atoms with Gasteiger partial charge in [-0.3, -0.25) is 14.4 Å². The molecule has 7 heteroatoms. The van der Waals surface area contributed by atoms with Crippen molar-refractivity contribution in [3.05, 3.63) is 71.3 Å². The first-order valence-corrected chi connectivity index (χ1v) is 13.5. The van der Waals surface area contributed by atoms with E-state index < -0.39 is 18.3 Å². The monoisotopic (exact) mass is 505 g/mol. The van der Waals surface area contributed by atoms with Gasteiger partial charge in [-0.15, -0.1) is 0 Å². The number of likely N-dealkylation sites (tertiary alicyclic amines) is 1. The van der Waals surface area contributed by atoms with Crippen LogP contribution in [0.3, 0.4) is 0 Å². The summed E-state index contributed by atoms with van der Waals surface area (Å²) in [5.74, 6) is -0.454. The minimum absolute atomic E-state index is 0.0106. The van der Waals surface area contributed by atoms with Gasteiger partial charge in [-0.2, -0.15) is 0 Å². The van der Waals surface area contributed by atoms with Crippen molar-refractivity contribution in [1.82, 2.24) is 15.1 Å². The van der Waals surface area contributed by atoms with E-state index in [4.69, 9.17) is 0 Å². The predicted octanol–water partition coefficient (Wildman–Crippen LogP) is 4.36. The average Bonchev–Trinajstić information content (AvgIpc) is 3.49. The van der Waals surface area contributed by atoms with Gasteiger partial charge in [0.15, 0.2) is 0 Å². The van der Waals surface area contributed by atoms with Crippen molar-refractivity contribution in [3.8, 4) is 0 Å². The van der Waals surface area contributed by atoms with E-state index in [2.05, 4.69) is 31.3 Å². The number of rotatable bonds is 6. The number of halogens is 1. The molecule has 0 radical (unpaired) electrons. The zero-order valence-corrected chi connectivity index (χ0v) is 21.6. The molecule has 196 valence electrons. The highest BCUT2D eigenvalue weighted by molar-refractivity contribution is 5.90. The first kappa shape index (κ1) is 25.4. The molecule has 3 aliphatic heterocycles. The fourth-order valence-electron chi connectivity index (χ4n) is 6.10. The number of nitrogens with one attached hydrogen (secondary N) is 1. The van der Waals surface area contributed by atoms with Crippen LogP contribution in [0, 0.1) is 5.92 Å². The minimum Gasteiger partial charge on any atom is -0.343 e. The lowest BCUT2D eigenvalue weighted by atomic mass is 9.92. The standard InChI is InChI=1S/C30H36FN3O3/c1-19(2)20-8-10-22(11-9-20)28(21-6-4-3-5-7-21)32-29(36)26-16-24(31)18-34(26)30(37)23-12-13-25-14-15-27(35)33(25)17-23/h3-11,19,23-26,28H,12-18H2,1-2H3,(H,32,36). The van der Waals surface area contributed by atoms with E-state index in [1.54, 1.807) is 0 Å². The van der Waals surface area contributed by atoms with E-state index >= 15 is 0 Å². The Labute approximate surface area is 218 Å². The molecule has 6 nitrogen and oxygen atoms in total. The van der Waals surface area contributed by atoms with Crippen molar-refractivity contribution in [2.75, 3.05) is 13.1 Å². The molecule has 37 heavy (non-hydrogen) atoms. The van der Waals surface area contributed by atoms with E-state index in [0.717, 1.165) is 24.0 Å². The number of benzene rings is 2. The highest BCUT2D eigenvalue weighted by Gasteiger charge is 2.45. The molecule has 3 saturated heterocycles. The van der Waals surface area contributed by atoms with Crippen molar-refractivity contribution >= 4 is 17.7 Å². The lowest BCUT2D eigenvalue weighted by molar-refractivity contribution is -0.145. The fraction of sp³-hybridized carbons (Fsp3) is 0.500. The Kier molecular flexibility index (Phi) is 7.31. The van der Waals surface area contributed by atoms with Gasteiger partial charge in [-0.05, 0) is 41.9 Å². The van der Waals surface area contributed by atoms with Gasteiger partial charge in [-0.25, -0.2) is 4.39 Å². The number of nitrogens with zero attached hydrogens (tertiary/aromatic N) is 2. The molecule has 0 aromatic heterocycles. The van der Waals surface area contributed by atoms with Crippen LogP contribution in [0.4, 0.5) is 4.39 Å². The lowest BCUT2D eigenvalue weighted by Gasteiger charge is -2.37. The summed E-state index contributed by atoms with van der Waals surface area (Å²) in [6, 6.07) is 16.8. The number of amides is 3. The third-order valence-electron chi connectivity index (χ3n) is 8.26. The Hall–Kier alpha value is -3.22. The van der Waals surface area contributed by atoms with Crippen molar-refractivity contribution in [1.29, 1.82) is 0 Å². The molecule has 2 aromatic rings. The molecule has 3 aliphatic rings. The van der Waals surface area contributed by atoms with Crippen molar-refractivity contribution < 1.29 is 18.8 Å². The maximum atomic E-state index is 14.7. The molecular weight excluding hydrogens is 469 g/mol. The van der Waals surface area contributed by atoms with E-state index in [1.165, 1.54) is 10.5 Å². The summed E-state index contributed by atoms with van der Waals surface area (Å²) in [4.78, 5) is 42.6. The van der Waals surface area contributed by atoms with E-state index in [1.807, 2.05) is 47.4 Å². The summed E-state index contributed by atoms with van der Waals surface area (Å²) in [6.45, 7) is 4.57. The largest absolute Gasteiger partial charge is 0.343 e.